The number of hydrogen-bond acceptors (Lipinski definition) is 7. The Morgan fingerprint density at radius 2 is 0.713 bits per heavy atom. The maximum Gasteiger partial charge on any atom is 0.472 e. The molecule has 0 rings (SSSR count). The predicted octanol–water partition coefficient (Wildman–Crippen LogP) is 21.6. The minimum atomic E-state index is -4.39. The summed E-state index contributed by atoms with van der Waals surface area (Å²) in [6, 6.07) is 0. The van der Waals surface area contributed by atoms with Gasteiger partial charge in [-0.25, -0.2) is 4.57 Å². The van der Waals surface area contributed by atoms with Crippen LogP contribution in [-0.4, -0.2) is 74.9 Å². The first kappa shape index (κ1) is 77.5. The predicted molar refractivity (Wildman–Crippen MR) is 344 cm³/mol. The zero-order chi connectivity index (χ0) is 58.4. The highest BCUT2D eigenvalue weighted by atomic mass is 31.2. The second-order valence-electron chi connectivity index (χ2n) is 23.8. The van der Waals surface area contributed by atoms with Gasteiger partial charge in [-0.05, 0) is 83.5 Å². The van der Waals surface area contributed by atoms with Crippen LogP contribution in [0.1, 0.15) is 309 Å². The van der Waals surface area contributed by atoms with E-state index < -0.39 is 26.5 Å². The number of hydrogen-bond donors (Lipinski definition) is 1. The number of likely N-dealkylation sites (N-methyl/N-ethyl adjacent to an activating group) is 1. The minimum absolute atomic E-state index is 0.0307. The number of esters is 2. The second-order valence-corrected chi connectivity index (χ2v) is 25.3. The summed E-state index contributed by atoms with van der Waals surface area (Å²) in [5.74, 6) is -0.788. The van der Waals surface area contributed by atoms with E-state index in [2.05, 4.69) is 86.8 Å². The van der Waals surface area contributed by atoms with Gasteiger partial charge in [-0.3, -0.25) is 18.6 Å². The van der Waals surface area contributed by atoms with Crippen molar-refractivity contribution in [3.8, 4) is 0 Å². The van der Waals surface area contributed by atoms with E-state index in [1.54, 1.807) is 0 Å². The van der Waals surface area contributed by atoms with Crippen LogP contribution in [-0.2, 0) is 32.7 Å². The molecule has 0 saturated heterocycles. The molecule has 9 nitrogen and oxygen atoms in total. The quantitative estimate of drug-likeness (QED) is 0.0211. The molecule has 0 fully saturated rings. The Balaban J connectivity index is 4.06. The van der Waals surface area contributed by atoms with E-state index in [1.165, 1.54) is 205 Å². The number of carbonyl (C=O) groups excluding carboxylic acids is 2. The molecule has 0 bridgehead atoms. The van der Waals surface area contributed by atoms with E-state index in [1.807, 2.05) is 21.1 Å². The van der Waals surface area contributed by atoms with Gasteiger partial charge in [0.05, 0.1) is 27.7 Å². The first-order valence-electron chi connectivity index (χ1n) is 33.7. The molecule has 0 aromatic heterocycles. The molecule has 466 valence electrons. The van der Waals surface area contributed by atoms with Crippen LogP contribution in [0.4, 0.5) is 0 Å². The lowest BCUT2D eigenvalue weighted by Gasteiger charge is -2.24. The van der Waals surface area contributed by atoms with E-state index in [0.29, 0.717) is 17.4 Å². The lowest BCUT2D eigenvalue weighted by Crippen LogP contribution is -2.37. The molecule has 80 heavy (non-hydrogen) atoms. The standard InChI is InChI=1S/C70H128NO8P/c1-6-8-10-12-14-16-18-20-22-24-26-28-30-32-34-35-37-39-41-43-45-47-49-51-53-55-57-59-61-63-70(73)79-68(67-78-80(74,75)77-65-64-71(3,4)5)66-76-69(72)62-60-58-56-54-52-50-48-46-44-42-40-38-36-33-31-29-27-25-23-21-19-17-15-13-11-9-7-2/h8,10,14,16,20,22,25-28,32,34,68H,6-7,9,11-13,15,17-19,21,23-24,29-31,33,35-67H2,1-5H3/p+1/b10-8-,16-14-,22-20-,27-25-,28-26-,34-32-. The maximum atomic E-state index is 12.9. The molecule has 0 radical (unpaired) electrons. The van der Waals surface area contributed by atoms with E-state index >= 15 is 0 Å². The van der Waals surface area contributed by atoms with Crippen LogP contribution in [0.5, 0.6) is 0 Å². The zero-order valence-electron chi connectivity index (χ0n) is 53.1. The van der Waals surface area contributed by atoms with Crippen molar-refractivity contribution in [3.05, 3.63) is 72.9 Å². The van der Waals surface area contributed by atoms with E-state index in [0.717, 1.165) is 70.6 Å². The Morgan fingerprint density at radius 1 is 0.400 bits per heavy atom. The normalized spacial score (nSPS) is 13.6. The summed E-state index contributed by atoms with van der Waals surface area (Å²) >= 11 is 0. The Bertz CT molecular complexity index is 1580. The van der Waals surface area contributed by atoms with Gasteiger partial charge in [-0.15, -0.1) is 0 Å². The van der Waals surface area contributed by atoms with Gasteiger partial charge in [-0.2, -0.15) is 0 Å². The Labute approximate surface area is 495 Å². The summed E-state index contributed by atoms with van der Waals surface area (Å²) in [4.78, 5) is 35.8. The highest BCUT2D eigenvalue weighted by Gasteiger charge is 2.27. The summed E-state index contributed by atoms with van der Waals surface area (Å²) in [6.07, 6.45) is 81.4. The van der Waals surface area contributed by atoms with Crippen molar-refractivity contribution >= 4 is 19.8 Å². The zero-order valence-corrected chi connectivity index (χ0v) is 54.0. The van der Waals surface area contributed by atoms with Crippen molar-refractivity contribution in [2.24, 2.45) is 0 Å². The fourth-order valence-corrected chi connectivity index (χ4v) is 10.3. The van der Waals surface area contributed by atoms with Crippen LogP contribution in [0.3, 0.4) is 0 Å². The summed E-state index contributed by atoms with van der Waals surface area (Å²) < 4.78 is 34.7. The average Bonchev–Trinajstić information content (AvgIpc) is 3.42. The van der Waals surface area contributed by atoms with Crippen LogP contribution in [0.2, 0.25) is 0 Å². The lowest BCUT2D eigenvalue weighted by atomic mass is 10.0. The van der Waals surface area contributed by atoms with Crippen LogP contribution in [0.25, 0.3) is 0 Å². The monoisotopic (exact) mass is 1140 g/mol. The Morgan fingerprint density at radius 3 is 1.07 bits per heavy atom. The fourth-order valence-electron chi connectivity index (χ4n) is 9.57. The molecule has 0 aliphatic rings. The third-order valence-corrected chi connectivity index (χ3v) is 15.7. The largest absolute Gasteiger partial charge is 0.472 e. The lowest BCUT2D eigenvalue weighted by molar-refractivity contribution is -0.870. The third-order valence-electron chi connectivity index (χ3n) is 14.7. The smallest absolute Gasteiger partial charge is 0.462 e. The van der Waals surface area contributed by atoms with E-state index in [9.17, 15) is 19.0 Å². The molecule has 0 spiro atoms. The molecular weight excluding hydrogens is 1010 g/mol. The molecule has 10 heteroatoms. The molecule has 0 heterocycles. The summed E-state index contributed by atoms with van der Waals surface area (Å²) in [7, 11) is 1.48. The number of phosphoric ester groups is 1. The van der Waals surface area contributed by atoms with Gasteiger partial charge in [0.1, 0.15) is 19.8 Å². The van der Waals surface area contributed by atoms with Crippen molar-refractivity contribution < 1.29 is 42.1 Å². The highest BCUT2D eigenvalue weighted by molar-refractivity contribution is 7.47. The molecule has 0 aliphatic carbocycles. The number of phosphoric acid groups is 1. The molecule has 0 aromatic carbocycles. The van der Waals surface area contributed by atoms with Crippen LogP contribution < -0.4 is 0 Å². The van der Waals surface area contributed by atoms with Gasteiger partial charge in [-0.1, -0.05) is 286 Å². The first-order valence-corrected chi connectivity index (χ1v) is 35.2. The van der Waals surface area contributed by atoms with Gasteiger partial charge >= 0.3 is 19.8 Å². The SMILES string of the molecule is CC/C=C\C/C=C\C/C=C\C/C=C\C/C=C\CCCCCCCCCCCCCCCC(=O)OC(COC(=O)CCCCCCCCCCCCCCCCC/C=C\CCCCCCCCCC)COP(=O)(O)OCC[N+](C)(C)C. The van der Waals surface area contributed by atoms with Crippen molar-refractivity contribution in [3.63, 3.8) is 0 Å². The number of nitrogens with zero attached hydrogens (tertiary/aromatic N) is 1. The molecule has 0 amide bonds. The fraction of sp³-hybridized carbons (Fsp3) is 0.800. The number of unbranched alkanes of at least 4 members (excludes halogenated alkanes) is 36. The first-order chi connectivity index (χ1) is 39.0. The molecule has 1 N–H and O–H groups in total. The van der Waals surface area contributed by atoms with Crippen molar-refractivity contribution in [2.45, 2.75) is 315 Å². The number of carbonyl (C=O) groups is 2. The average molecular weight is 1140 g/mol. The third kappa shape index (κ3) is 64.6. The molecule has 0 aliphatic heterocycles. The Kier molecular flexibility index (Phi) is 59.1. The number of rotatable bonds is 62. The number of ether oxygens (including phenoxy) is 2. The van der Waals surface area contributed by atoms with Crippen molar-refractivity contribution in [1.29, 1.82) is 0 Å². The molecular formula is C70H129NO8P+. The van der Waals surface area contributed by atoms with Gasteiger partial charge < -0.3 is 18.9 Å². The summed E-state index contributed by atoms with van der Waals surface area (Å²) in [6.45, 7) is 4.36. The summed E-state index contributed by atoms with van der Waals surface area (Å²) in [5.41, 5.74) is 0. The van der Waals surface area contributed by atoms with Crippen molar-refractivity contribution in [2.75, 3.05) is 47.5 Å². The van der Waals surface area contributed by atoms with Gasteiger partial charge in [0.2, 0.25) is 0 Å². The van der Waals surface area contributed by atoms with Crippen LogP contribution in [0, 0.1) is 0 Å². The molecule has 2 unspecified atom stereocenters. The molecule has 0 saturated carbocycles. The topological polar surface area (TPSA) is 108 Å². The molecule has 0 aromatic rings. The molecule has 2 atom stereocenters. The van der Waals surface area contributed by atoms with Gasteiger partial charge in [0.15, 0.2) is 6.10 Å². The van der Waals surface area contributed by atoms with Crippen LogP contribution in [0.15, 0.2) is 72.9 Å². The van der Waals surface area contributed by atoms with Gasteiger partial charge in [0, 0.05) is 12.8 Å². The van der Waals surface area contributed by atoms with E-state index in [4.69, 9.17) is 18.5 Å². The van der Waals surface area contributed by atoms with Crippen molar-refractivity contribution in [1.82, 2.24) is 0 Å². The number of allylic oxidation sites excluding steroid dienone is 12. The second kappa shape index (κ2) is 61.0. The summed E-state index contributed by atoms with van der Waals surface area (Å²) in [5, 5.41) is 0. The highest BCUT2D eigenvalue weighted by Crippen LogP contribution is 2.43. The Hall–Kier alpha value is -2.55. The maximum absolute atomic E-state index is 12.9. The minimum Gasteiger partial charge on any atom is -0.462 e. The number of quaternary nitrogens is 1. The van der Waals surface area contributed by atoms with Crippen LogP contribution >= 0.6 is 7.82 Å². The van der Waals surface area contributed by atoms with E-state index in [-0.39, 0.29) is 32.0 Å². The van der Waals surface area contributed by atoms with Gasteiger partial charge in [0.25, 0.3) is 0 Å².